The van der Waals surface area contributed by atoms with E-state index >= 15 is 0 Å². The smallest absolute Gasteiger partial charge is 0.321 e. The molecule has 0 spiro atoms. The minimum atomic E-state index is -0.963. The number of aliphatic carboxylic acids is 1. The van der Waals surface area contributed by atoms with Crippen LogP contribution in [0.1, 0.15) is 12.8 Å². The first-order chi connectivity index (χ1) is 7.54. The summed E-state index contributed by atoms with van der Waals surface area (Å²) in [5.41, 5.74) is 0. The van der Waals surface area contributed by atoms with Crippen molar-refractivity contribution >= 4 is 17.9 Å². The largest absolute Gasteiger partial charge is 0.480 e. The molecule has 0 aliphatic heterocycles. The Kier molecular flexibility index (Phi) is 4.24. The molecule has 0 radical (unpaired) electrons. The predicted molar refractivity (Wildman–Crippen MR) is 54.7 cm³/mol. The second kappa shape index (κ2) is 5.45. The summed E-state index contributed by atoms with van der Waals surface area (Å²) < 4.78 is 0. The van der Waals surface area contributed by atoms with Crippen molar-refractivity contribution in [2.24, 2.45) is 5.92 Å². The van der Waals surface area contributed by atoms with Crippen molar-refractivity contribution in [1.82, 2.24) is 16.0 Å². The molecule has 1 aliphatic carbocycles. The zero-order valence-corrected chi connectivity index (χ0v) is 8.95. The third-order valence-corrected chi connectivity index (χ3v) is 2.32. The number of carbonyl (C=O) groups is 3. The van der Waals surface area contributed by atoms with E-state index in [1.54, 1.807) is 0 Å². The average Bonchev–Trinajstić information content (AvgIpc) is 3.01. The molecule has 1 atom stereocenters. The Morgan fingerprint density at radius 3 is 2.44 bits per heavy atom. The Bertz CT molecular complexity index is 301. The number of rotatable bonds is 5. The van der Waals surface area contributed by atoms with Crippen LogP contribution >= 0.6 is 0 Å². The van der Waals surface area contributed by atoms with Crippen LogP contribution < -0.4 is 16.0 Å². The quantitative estimate of drug-likeness (QED) is 0.478. The highest BCUT2D eigenvalue weighted by Crippen LogP contribution is 2.32. The molecule has 0 bridgehead atoms. The molecule has 4 N–H and O–H groups in total. The zero-order chi connectivity index (χ0) is 12.1. The van der Waals surface area contributed by atoms with Gasteiger partial charge in [0.15, 0.2) is 0 Å². The maximum atomic E-state index is 11.2. The van der Waals surface area contributed by atoms with E-state index in [-0.39, 0.29) is 12.5 Å². The second-order valence-electron chi connectivity index (χ2n) is 3.66. The fraction of sp³-hybridized carbons (Fsp3) is 0.667. The van der Waals surface area contributed by atoms with Crippen molar-refractivity contribution in [3.05, 3.63) is 0 Å². The molecule has 0 heterocycles. The van der Waals surface area contributed by atoms with Crippen LogP contribution in [-0.4, -0.2) is 42.6 Å². The molecule has 0 aromatic rings. The van der Waals surface area contributed by atoms with Gasteiger partial charge in [0.2, 0.25) is 5.91 Å². The maximum Gasteiger partial charge on any atom is 0.321 e. The number of hydrogen-bond donors (Lipinski definition) is 4. The van der Waals surface area contributed by atoms with Crippen LogP contribution in [0.15, 0.2) is 0 Å². The molecule has 1 aliphatic rings. The molecule has 1 fully saturated rings. The molecular weight excluding hydrogens is 214 g/mol. The maximum absolute atomic E-state index is 11.2. The minimum absolute atomic E-state index is 0.102. The van der Waals surface area contributed by atoms with Gasteiger partial charge in [-0.1, -0.05) is 0 Å². The lowest BCUT2D eigenvalue weighted by atomic mass is 10.2. The normalized spacial score (nSPS) is 16.3. The summed E-state index contributed by atoms with van der Waals surface area (Å²) in [6.07, 6.45) is 1.72. The van der Waals surface area contributed by atoms with Crippen molar-refractivity contribution in [1.29, 1.82) is 0 Å². The summed E-state index contributed by atoms with van der Waals surface area (Å²) in [4.78, 5) is 32.7. The summed E-state index contributed by atoms with van der Waals surface area (Å²) in [5.74, 6) is -1.41. The highest BCUT2D eigenvalue weighted by atomic mass is 16.4. The molecule has 90 valence electrons. The Labute approximate surface area is 92.6 Å². The Morgan fingerprint density at radius 2 is 2.00 bits per heavy atom. The SMILES string of the molecule is CNC(=O)NC(=O)CNC(C(=O)O)C1CC1. The monoisotopic (exact) mass is 229 g/mol. The number of carboxylic acid groups (broad SMARTS) is 1. The van der Waals surface area contributed by atoms with Gasteiger partial charge in [-0.25, -0.2) is 4.79 Å². The van der Waals surface area contributed by atoms with Crippen LogP contribution in [0, 0.1) is 5.92 Å². The number of carboxylic acids is 1. The van der Waals surface area contributed by atoms with Crippen molar-refractivity contribution in [3.8, 4) is 0 Å². The first-order valence-corrected chi connectivity index (χ1v) is 5.02. The first-order valence-electron chi connectivity index (χ1n) is 5.02. The van der Waals surface area contributed by atoms with Gasteiger partial charge in [-0.3, -0.25) is 20.2 Å². The van der Waals surface area contributed by atoms with Crippen LogP contribution in [0.5, 0.6) is 0 Å². The number of carbonyl (C=O) groups excluding carboxylic acids is 2. The van der Waals surface area contributed by atoms with Gasteiger partial charge in [0.05, 0.1) is 6.54 Å². The lowest BCUT2D eigenvalue weighted by molar-refractivity contribution is -0.140. The standard InChI is InChI=1S/C9H15N3O4/c1-10-9(16)12-6(13)4-11-7(8(14)15)5-2-3-5/h5,7,11H,2-4H2,1H3,(H,14,15)(H2,10,12,13,16). The Balaban J connectivity index is 2.29. The van der Waals surface area contributed by atoms with Gasteiger partial charge < -0.3 is 10.4 Å². The highest BCUT2D eigenvalue weighted by molar-refractivity contribution is 5.95. The number of hydrogen-bond acceptors (Lipinski definition) is 4. The van der Waals surface area contributed by atoms with Crippen molar-refractivity contribution in [2.45, 2.75) is 18.9 Å². The van der Waals surface area contributed by atoms with E-state index in [1.807, 2.05) is 5.32 Å². The molecule has 16 heavy (non-hydrogen) atoms. The second-order valence-corrected chi connectivity index (χ2v) is 3.66. The third-order valence-electron chi connectivity index (χ3n) is 2.32. The lowest BCUT2D eigenvalue weighted by Gasteiger charge is -2.12. The van der Waals surface area contributed by atoms with E-state index in [0.717, 1.165) is 12.8 Å². The number of amides is 3. The molecule has 1 rings (SSSR count). The average molecular weight is 229 g/mol. The summed E-state index contributed by atoms with van der Waals surface area (Å²) in [5, 5.41) is 15.7. The lowest BCUT2D eigenvalue weighted by Crippen LogP contribution is -2.47. The van der Waals surface area contributed by atoms with Crippen LogP contribution in [0.2, 0.25) is 0 Å². The van der Waals surface area contributed by atoms with Gasteiger partial charge in [-0.05, 0) is 18.8 Å². The van der Waals surface area contributed by atoms with E-state index in [9.17, 15) is 14.4 Å². The van der Waals surface area contributed by atoms with Gasteiger partial charge in [0.25, 0.3) is 0 Å². The summed E-state index contributed by atoms with van der Waals surface area (Å²) in [6.45, 7) is -0.180. The molecule has 0 aromatic carbocycles. The number of urea groups is 1. The number of imide groups is 1. The van der Waals surface area contributed by atoms with E-state index in [0.29, 0.717) is 0 Å². The molecule has 3 amide bonds. The van der Waals surface area contributed by atoms with Gasteiger partial charge in [-0.15, -0.1) is 0 Å². The summed E-state index contributed by atoms with van der Waals surface area (Å²) >= 11 is 0. The third kappa shape index (κ3) is 3.85. The number of nitrogens with one attached hydrogen (secondary N) is 3. The summed E-state index contributed by atoms with van der Waals surface area (Å²) in [6, 6.07) is -1.31. The minimum Gasteiger partial charge on any atom is -0.480 e. The van der Waals surface area contributed by atoms with Gasteiger partial charge in [0, 0.05) is 7.05 Å². The summed E-state index contributed by atoms with van der Waals surface area (Å²) in [7, 11) is 1.39. The van der Waals surface area contributed by atoms with Crippen LogP contribution in [0.25, 0.3) is 0 Å². The molecular formula is C9H15N3O4. The Hall–Kier alpha value is -1.63. The molecule has 1 saturated carbocycles. The van der Waals surface area contributed by atoms with Crippen molar-refractivity contribution < 1.29 is 19.5 Å². The van der Waals surface area contributed by atoms with E-state index in [4.69, 9.17) is 5.11 Å². The molecule has 0 aromatic heterocycles. The molecule has 7 heteroatoms. The highest BCUT2D eigenvalue weighted by Gasteiger charge is 2.36. The topological polar surface area (TPSA) is 108 Å². The van der Waals surface area contributed by atoms with Crippen LogP contribution in [0.4, 0.5) is 4.79 Å². The first kappa shape index (κ1) is 12.4. The molecule has 0 saturated heterocycles. The fourth-order valence-electron chi connectivity index (χ4n) is 1.32. The van der Waals surface area contributed by atoms with E-state index < -0.39 is 23.9 Å². The Morgan fingerprint density at radius 1 is 1.38 bits per heavy atom. The van der Waals surface area contributed by atoms with Gasteiger partial charge >= 0.3 is 12.0 Å². The van der Waals surface area contributed by atoms with Crippen LogP contribution in [0.3, 0.4) is 0 Å². The zero-order valence-electron chi connectivity index (χ0n) is 8.95. The van der Waals surface area contributed by atoms with Crippen LogP contribution in [-0.2, 0) is 9.59 Å². The van der Waals surface area contributed by atoms with Gasteiger partial charge in [0.1, 0.15) is 6.04 Å². The molecule has 7 nitrogen and oxygen atoms in total. The fourth-order valence-corrected chi connectivity index (χ4v) is 1.32. The van der Waals surface area contributed by atoms with Crippen molar-refractivity contribution in [2.75, 3.05) is 13.6 Å². The van der Waals surface area contributed by atoms with Crippen molar-refractivity contribution in [3.63, 3.8) is 0 Å². The predicted octanol–water partition coefficient (Wildman–Crippen LogP) is -1.11. The molecule has 1 unspecified atom stereocenters. The van der Waals surface area contributed by atoms with E-state index in [1.165, 1.54) is 7.05 Å². The van der Waals surface area contributed by atoms with E-state index in [2.05, 4.69) is 10.6 Å². The van der Waals surface area contributed by atoms with Gasteiger partial charge in [-0.2, -0.15) is 0 Å².